The van der Waals surface area contributed by atoms with Gasteiger partial charge in [-0.05, 0) is 12.8 Å². The fraction of sp³-hybridized carbons (Fsp3) is 0.545. The first-order chi connectivity index (χ1) is 9.72. The van der Waals surface area contributed by atoms with Gasteiger partial charge in [0.2, 0.25) is 11.9 Å². The Hall–Kier alpha value is -2.29. The molecule has 1 unspecified atom stereocenters. The van der Waals surface area contributed by atoms with Gasteiger partial charge in [0.15, 0.2) is 0 Å². The first kappa shape index (κ1) is 14.1. The smallest absolute Gasteiger partial charge is 0.258 e. The number of aromatic nitrogens is 6. The lowest BCUT2D eigenvalue weighted by Gasteiger charge is -2.10. The number of aliphatic hydroxyl groups is 1. The fourth-order valence-electron chi connectivity index (χ4n) is 1.52. The average molecular weight is 278 g/mol. The van der Waals surface area contributed by atoms with Crippen molar-refractivity contribution in [3.8, 4) is 5.95 Å². The summed E-state index contributed by atoms with van der Waals surface area (Å²) in [5.74, 6) is 1.24. The Kier molecular flexibility index (Phi) is 4.77. The summed E-state index contributed by atoms with van der Waals surface area (Å²) in [7, 11) is 1.73. The van der Waals surface area contributed by atoms with Gasteiger partial charge in [0.1, 0.15) is 12.7 Å². The van der Waals surface area contributed by atoms with E-state index in [9.17, 15) is 5.11 Å². The highest BCUT2D eigenvalue weighted by Gasteiger charge is 2.08. The molecule has 3 N–H and O–H groups in total. The lowest BCUT2D eigenvalue weighted by Crippen LogP contribution is -2.15. The van der Waals surface area contributed by atoms with E-state index in [1.807, 2.05) is 6.92 Å². The van der Waals surface area contributed by atoms with Crippen LogP contribution < -0.4 is 10.6 Å². The Labute approximate surface area is 116 Å². The molecule has 2 aromatic heterocycles. The highest BCUT2D eigenvalue weighted by atomic mass is 16.3. The Bertz CT molecular complexity index is 529. The molecular weight excluding hydrogens is 260 g/mol. The molecule has 20 heavy (non-hydrogen) atoms. The van der Waals surface area contributed by atoms with Crippen LogP contribution in [-0.2, 0) is 0 Å². The molecule has 0 radical (unpaired) electrons. The van der Waals surface area contributed by atoms with Gasteiger partial charge in [-0.15, -0.1) is 0 Å². The normalized spacial score (nSPS) is 12.2. The molecule has 0 spiro atoms. The number of rotatable bonds is 7. The van der Waals surface area contributed by atoms with Crippen LogP contribution in [0.2, 0.25) is 0 Å². The molecule has 0 bridgehead atoms. The fourth-order valence-corrected chi connectivity index (χ4v) is 1.52. The highest BCUT2D eigenvalue weighted by molar-refractivity contribution is 5.37. The lowest BCUT2D eigenvalue weighted by atomic mass is 10.2. The van der Waals surface area contributed by atoms with Gasteiger partial charge >= 0.3 is 0 Å². The maximum Gasteiger partial charge on any atom is 0.258 e. The van der Waals surface area contributed by atoms with Crippen molar-refractivity contribution >= 4 is 11.9 Å². The van der Waals surface area contributed by atoms with E-state index in [0.29, 0.717) is 30.8 Å². The first-order valence-corrected chi connectivity index (χ1v) is 6.43. The van der Waals surface area contributed by atoms with Crippen LogP contribution in [0.4, 0.5) is 11.9 Å². The molecule has 0 saturated heterocycles. The van der Waals surface area contributed by atoms with Gasteiger partial charge in [-0.2, -0.15) is 24.7 Å². The Balaban J connectivity index is 2.10. The number of anilines is 2. The Morgan fingerprint density at radius 3 is 2.75 bits per heavy atom. The summed E-state index contributed by atoms with van der Waals surface area (Å²) in [4.78, 5) is 16.5. The molecule has 9 nitrogen and oxygen atoms in total. The molecule has 2 aromatic rings. The molecule has 1 atom stereocenters. The van der Waals surface area contributed by atoms with Gasteiger partial charge in [-0.3, -0.25) is 0 Å². The third-order valence-corrected chi connectivity index (χ3v) is 2.70. The summed E-state index contributed by atoms with van der Waals surface area (Å²) in [6, 6.07) is 0. The molecule has 108 valence electrons. The molecule has 0 aliphatic rings. The second kappa shape index (κ2) is 6.75. The van der Waals surface area contributed by atoms with E-state index in [1.54, 1.807) is 7.05 Å². The van der Waals surface area contributed by atoms with E-state index in [-0.39, 0.29) is 6.10 Å². The van der Waals surface area contributed by atoms with Crippen molar-refractivity contribution in [2.75, 3.05) is 24.2 Å². The summed E-state index contributed by atoms with van der Waals surface area (Å²) in [5, 5.41) is 19.4. The van der Waals surface area contributed by atoms with Crippen LogP contribution in [0, 0.1) is 0 Å². The van der Waals surface area contributed by atoms with Crippen molar-refractivity contribution in [2.45, 2.75) is 25.9 Å². The maximum atomic E-state index is 9.51. The van der Waals surface area contributed by atoms with E-state index in [0.717, 1.165) is 6.42 Å². The minimum absolute atomic E-state index is 0.317. The summed E-state index contributed by atoms with van der Waals surface area (Å²) in [6.45, 7) is 2.52. The summed E-state index contributed by atoms with van der Waals surface area (Å²) >= 11 is 0. The zero-order valence-corrected chi connectivity index (χ0v) is 11.5. The van der Waals surface area contributed by atoms with Crippen LogP contribution in [-0.4, -0.2) is 54.5 Å². The van der Waals surface area contributed by atoms with Crippen molar-refractivity contribution in [1.82, 2.24) is 29.7 Å². The first-order valence-electron chi connectivity index (χ1n) is 6.43. The third-order valence-electron chi connectivity index (χ3n) is 2.70. The van der Waals surface area contributed by atoms with Crippen LogP contribution in [0.25, 0.3) is 5.95 Å². The van der Waals surface area contributed by atoms with Gasteiger partial charge in [0.25, 0.3) is 5.95 Å². The molecule has 0 aromatic carbocycles. The summed E-state index contributed by atoms with van der Waals surface area (Å²) in [5.41, 5.74) is 0. The predicted molar refractivity (Wildman–Crippen MR) is 73.7 cm³/mol. The Morgan fingerprint density at radius 2 is 2.10 bits per heavy atom. The Morgan fingerprint density at radius 1 is 1.30 bits per heavy atom. The molecule has 0 aliphatic carbocycles. The average Bonchev–Trinajstić information content (AvgIpc) is 3.01. The van der Waals surface area contributed by atoms with Crippen LogP contribution in [0.3, 0.4) is 0 Å². The number of hydrogen-bond donors (Lipinski definition) is 3. The minimum Gasteiger partial charge on any atom is -0.393 e. The molecule has 2 heterocycles. The molecule has 0 aliphatic heterocycles. The second-order valence-corrected chi connectivity index (χ2v) is 4.15. The maximum absolute atomic E-state index is 9.51. The number of aliphatic hydroxyl groups excluding tert-OH is 1. The van der Waals surface area contributed by atoms with Crippen LogP contribution in [0.15, 0.2) is 12.7 Å². The van der Waals surface area contributed by atoms with Crippen molar-refractivity contribution in [2.24, 2.45) is 0 Å². The van der Waals surface area contributed by atoms with Gasteiger partial charge in [-0.25, -0.2) is 4.98 Å². The van der Waals surface area contributed by atoms with Gasteiger partial charge in [0.05, 0.1) is 6.10 Å². The topological polar surface area (TPSA) is 114 Å². The zero-order valence-electron chi connectivity index (χ0n) is 11.5. The van der Waals surface area contributed by atoms with Crippen molar-refractivity contribution in [1.29, 1.82) is 0 Å². The molecule has 2 rings (SSSR count). The number of nitrogens with zero attached hydrogens (tertiary/aromatic N) is 6. The van der Waals surface area contributed by atoms with Crippen LogP contribution in [0.1, 0.15) is 19.8 Å². The van der Waals surface area contributed by atoms with E-state index < -0.39 is 0 Å². The van der Waals surface area contributed by atoms with E-state index in [2.05, 4.69) is 35.7 Å². The van der Waals surface area contributed by atoms with Crippen molar-refractivity contribution in [3.63, 3.8) is 0 Å². The monoisotopic (exact) mass is 278 g/mol. The van der Waals surface area contributed by atoms with E-state index in [4.69, 9.17) is 0 Å². The van der Waals surface area contributed by atoms with Gasteiger partial charge in [-0.1, -0.05) is 6.92 Å². The van der Waals surface area contributed by atoms with Crippen LogP contribution in [0.5, 0.6) is 0 Å². The van der Waals surface area contributed by atoms with E-state index >= 15 is 0 Å². The minimum atomic E-state index is -0.317. The van der Waals surface area contributed by atoms with Gasteiger partial charge in [0, 0.05) is 13.6 Å². The third kappa shape index (κ3) is 3.60. The standard InChI is InChI=1S/C11H18N8O/c1-3-8(20)4-5-14-10-16-9(12-2)17-11(18-10)19-7-13-6-15-19/h6-8,20H,3-5H2,1-2H3,(H2,12,14,16,17,18). The summed E-state index contributed by atoms with van der Waals surface area (Å²) in [6.07, 6.45) is 3.97. The largest absolute Gasteiger partial charge is 0.393 e. The molecule has 9 heteroatoms. The van der Waals surface area contributed by atoms with Crippen LogP contribution >= 0.6 is 0 Å². The number of nitrogens with one attached hydrogen (secondary N) is 2. The molecule has 0 amide bonds. The highest BCUT2D eigenvalue weighted by Crippen LogP contribution is 2.08. The van der Waals surface area contributed by atoms with Crippen molar-refractivity contribution in [3.05, 3.63) is 12.7 Å². The molecular formula is C11H18N8O. The summed E-state index contributed by atoms with van der Waals surface area (Å²) < 4.78 is 1.45. The van der Waals surface area contributed by atoms with E-state index in [1.165, 1.54) is 17.3 Å². The SMILES string of the molecule is CCC(O)CCNc1nc(NC)nc(-n2cncn2)n1. The zero-order chi connectivity index (χ0) is 14.4. The predicted octanol–water partition coefficient (Wildman–Crippen LogP) is 0.0669. The quantitative estimate of drug-likeness (QED) is 0.652. The van der Waals surface area contributed by atoms with Crippen molar-refractivity contribution < 1.29 is 5.11 Å². The molecule has 0 saturated carbocycles. The molecule has 0 fully saturated rings. The lowest BCUT2D eigenvalue weighted by molar-refractivity contribution is 0.164. The second-order valence-electron chi connectivity index (χ2n) is 4.15. The number of hydrogen-bond acceptors (Lipinski definition) is 8. The van der Waals surface area contributed by atoms with Gasteiger partial charge < -0.3 is 15.7 Å².